The van der Waals surface area contributed by atoms with E-state index in [-0.39, 0.29) is 0 Å². The first kappa shape index (κ1) is 9.06. The summed E-state index contributed by atoms with van der Waals surface area (Å²) in [6.07, 6.45) is 2.93. The fourth-order valence-corrected chi connectivity index (χ4v) is 0.335. The van der Waals surface area contributed by atoms with Crippen molar-refractivity contribution in [1.82, 2.24) is 0 Å². The number of rotatable bonds is 2. The molecule has 0 aliphatic rings. The van der Waals surface area contributed by atoms with Crippen molar-refractivity contribution >= 4 is 22.0 Å². The van der Waals surface area contributed by atoms with Gasteiger partial charge in [0, 0.05) is 0 Å². The van der Waals surface area contributed by atoms with Gasteiger partial charge in [0.05, 0.1) is 0 Å². The summed E-state index contributed by atoms with van der Waals surface area (Å²) in [4.78, 5) is 0. The molecule has 0 amide bonds. The van der Waals surface area contributed by atoms with Gasteiger partial charge in [0.1, 0.15) is 0 Å². The van der Waals surface area contributed by atoms with Gasteiger partial charge in [-0.3, -0.25) is 0 Å². The molecule has 6 nitrogen and oxygen atoms in total. The maximum atomic E-state index is 9.55. The van der Waals surface area contributed by atoms with Crippen molar-refractivity contribution in [3.05, 3.63) is 0 Å². The summed E-state index contributed by atoms with van der Waals surface area (Å²) in [7, 11) is -6.16. The highest BCUT2D eigenvalue weighted by Crippen LogP contribution is 1.69. The van der Waals surface area contributed by atoms with E-state index in [1.165, 1.54) is 12.2 Å². The first-order chi connectivity index (χ1) is 4.63. The van der Waals surface area contributed by atoms with Crippen LogP contribution in [0.25, 0.3) is 0 Å². The van der Waals surface area contributed by atoms with Gasteiger partial charge in [-0.05, 0) is 0 Å². The Morgan fingerprint density at radius 2 is 1.10 bits per heavy atom. The Labute approximate surface area is 60.1 Å². The largest absolute Gasteiger partial charge is 0.326 e. The van der Waals surface area contributed by atoms with Crippen LogP contribution in [0.3, 0.4) is 0 Å². The van der Waals surface area contributed by atoms with Gasteiger partial charge in [0.2, 0.25) is 0 Å². The SMILES string of the molecule is O=[SH](=O)OC#CO[SH](=O)=O. The standard InChI is InChI=1S/C2H2O6S2/c3-9(4)7-1-2-8-10(5)6/h9-10H. The van der Waals surface area contributed by atoms with Crippen molar-refractivity contribution in [2.24, 2.45) is 0 Å². The van der Waals surface area contributed by atoms with Gasteiger partial charge in [-0.2, -0.15) is 16.8 Å². The summed E-state index contributed by atoms with van der Waals surface area (Å²) >= 11 is 0. The van der Waals surface area contributed by atoms with Crippen molar-refractivity contribution in [2.75, 3.05) is 0 Å². The molecule has 0 aromatic carbocycles. The fourth-order valence-electron chi connectivity index (χ4n) is 0.112. The van der Waals surface area contributed by atoms with Crippen LogP contribution in [0.2, 0.25) is 0 Å². The average molecular weight is 186 g/mol. The minimum Gasteiger partial charge on any atom is -0.326 e. The predicted molar refractivity (Wildman–Crippen MR) is 30.6 cm³/mol. The zero-order chi connectivity index (χ0) is 7.98. The van der Waals surface area contributed by atoms with Crippen LogP contribution >= 0.6 is 0 Å². The van der Waals surface area contributed by atoms with E-state index in [0.29, 0.717) is 0 Å². The summed E-state index contributed by atoms with van der Waals surface area (Å²) < 4.78 is 45.4. The average Bonchev–Trinajstić information content (AvgIpc) is 1.79. The van der Waals surface area contributed by atoms with Crippen LogP contribution in [0.5, 0.6) is 0 Å². The van der Waals surface area contributed by atoms with Crippen LogP contribution in [-0.2, 0) is 30.3 Å². The van der Waals surface area contributed by atoms with Crippen molar-refractivity contribution in [3.63, 3.8) is 0 Å². The van der Waals surface area contributed by atoms with E-state index in [1.54, 1.807) is 0 Å². The molecule has 0 heterocycles. The Morgan fingerprint density at radius 3 is 1.30 bits per heavy atom. The maximum Gasteiger partial charge on any atom is 0.307 e. The molecule has 0 aliphatic heterocycles. The quantitative estimate of drug-likeness (QED) is 0.383. The lowest BCUT2D eigenvalue weighted by molar-refractivity contribution is 0.464. The number of thiol groups is 2. The van der Waals surface area contributed by atoms with E-state index in [2.05, 4.69) is 8.37 Å². The van der Waals surface area contributed by atoms with E-state index < -0.39 is 22.0 Å². The Bertz CT molecular complexity index is 243. The van der Waals surface area contributed by atoms with Crippen LogP contribution in [0.4, 0.5) is 0 Å². The van der Waals surface area contributed by atoms with Gasteiger partial charge >= 0.3 is 22.0 Å². The van der Waals surface area contributed by atoms with Crippen LogP contribution in [0.15, 0.2) is 0 Å². The molecule has 0 N–H and O–H groups in total. The third-order valence-electron chi connectivity index (χ3n) is 0.282. The summed E-state index contributed by atoms with van der Waals surface area (Å²) in [5.41, 5.74) is 0. The summed E-state index contributed by atoms with van der Waals surface area (Å²) in [5.74, 6) is 0. The second kappa shape index (κ2) is 4.89. The first-order valence-electron chi connectivity index (χ1n) is 1.75. The number of hydrogen-bond acceptors (Lipinski definition) is 6. The molecular formula is C2H2O6S2. The smallest absolute Gasteiger partial charge is 0.307 e. The Hall–Kier alpha value is -0.940. The van der Waals surface area contributed by atoms with E-state index in [0.717, 1.165) is 0 Å². The van der Waals surface area contributed by atoms with Crippen molar-refractivity contribution in [3.8, 4) is 12.2 Å². The minimum absolute atomic E-state index is 1.46. The summed E-state index contributed by atoms with van der Waals surface area (Å²) in [6, 6.07) is 0. The molecule has 0 fully saturated rings. The first-order valence-corrected chi connectivity index (χ1v) is 3.94. The van der Waals surface area contributed by atoms with Crippen LogP contribution in [0, 0.1) is 12.2 Å². The highest BCUT2D eigenvalue weighted by Gasteiger charge is 1.76. The van der Waals surface area contributed by atoms with Crippen molar-refractivity contribution < 1.29 is 25.2 Å². The van der Waals surface area contributed by atoms with Gasteiger partial charge in [-0.15, -0.1) is 0 Å². The van der Waals surface area contributed by atoms with E-state index >= 15 is 0 Å². The molecule has 0 saturated carbocycles. The van der Waals surface area contributed by atoms with Gasteiger partial charge in [-0.1, -0.05) is 0 Å². The molecule has 0 rings (SSSR count). The molecule has 10 heavy (non-hydrogen) atoms. The molecule has 0 bridgehead atoms. The summed E-state index contributed by atoms with van der Waals surface area (Å²) in [6.45, 7) is 0. The topological polar surface area (TPSA) is 86.7 Å². The predicted octanol–water partition coefficient (Wildman–Crippen LogP) is -2.01. The van der Waals surface area contributed by atoms with Crippen molar-refractivity contribution in [2.45, 2.75) is 0 Å². The third kappa shape index (κ3) is 7.06. The number of hydrogen-bond donors (Lipinski definition) is 2. The van der Waals surface area contributed by atoms with Crippen molar-refractivity contribution in [1.29, 1.82) is 0 Å². The summed E-state index contributed by atoms with van der Waals surface area (Å²) in [5, 5.41) is 0. The van der Waals surface area contributed by atoms with Gasteiger partial charge in [0.25, 0.3) is 0 Å². The second-order valence-corrected chi connectivity index (χ2v) is 2.09. The molecule has 0 aliphatic carbocycles. The van der Waals surface area contributed by atoms with Gasteiger partial charge < -0.3 is 8.37 Å². The normalized spacial score (nSPS) is 8.60. The van der Waals surface area contributed by atoms with E-state index in [9.17, 15) is 16.8 Å². The molecule has 0 atom stereocenters. The van der Waals surface area contributed by atoms with Crippen LogP contribution < -0.4 is 0 Å². The molecule has 0 unspecified atom stereocenters. The van der Waals surface area contributed by atoms with Crippen LogP contribution in [-0.4, -0.2) is 16.8 Å². The molecule has 0 radical (unpaired) electrons. The van der Waals surface area contributed by atoms with E-state index in [1.807, 2.05) is 0 Å². The zero-order valence-corrected chi connectivity index (χ0v) is 6.13. The Kier molecular flexibility index (Phi) is 4.43. The lowest BCUT2D eigenvalue weighted by atomic mass is 11.2. The fraction of sp³-hybridized carbons (Fsp3) is 0. The molecular weight excluding hydrogens is 184 g/mol. The molecule has 0 aromatic heterocycles. The van der Waals surface area contributed by atoms with Gasteiger partial charge in [-0.25, -0.2) is 0 Å². The highest BCUT2D eigenvalue weighted by molar-refractivity contribution is 7.67. The Balaban J connectivity index is 3.72. The molecule has 0 saturated heterocycles. The second-order valence-electron chi connectivity index (χ2n) is 0.834. The monoisotopic (exact) mass is 186 g/mol. The Morgan fingerprint density at radius 1 is 0.800 bits per heavy atom. The van der Waals surface area contributed by atoms with Crippen LogP contribution in [0.1, 0.15) is 0 Å². The lowest BCUT2D eigenvalue weighted by Gasteiger charge is -1.76. The highest BCUT2D eigenvalue weighted by atomic mass is 32.2. The lowest BCUT2D eigenvalue weighted by Crippen LogP contribution is -1.79. The minimum atomic E-state index is -3.08. The zero-order valence-electron chi connectivity index (χ0n) is 4.34. The molecule has 0 aromatic rings. The van der Waals surface area contributed by atoms with E-state index in [4.69, 9.17) is 0 Å². The maximum absolute atomic E-state index is 9.55. The third-order valence-corrected chi connectivity index (χ3v) is 0.763. The molecule has 58 valence electrons. The van der Waals surface area contributed by atoms with Gasteiger partial charge in [0.15, 0.2) is 12.2 Å². The molecule has 8 heteroatoms. The molecule has 0 spiro atoms.